The first-order valence-electron chi connectivity index (χ1n) is 11.4. The van der Waals surface area contributed by atoms with Gasteiger partial charge in [0, 0.05) is 31.5 Å². The van der Waals surface area contributed by atoms with Crippen molar-refractivity contribution >= 4 is 23.1 Å². The third kappa shape index (κ3) is 4.44. The van der Waals surface area contributed by atoms with Crippen molar-refractivity contribution in [3.8, 4) is 5.75 Å². The molecule has 0 atom stereocenters. The Balaban J connectivity index is 1.79. The van der Waals surface area contributed by atoms with Gasteiger partial charge < -0.3 is 9.64 Å². The van der Waals surface area contributed by atoms with Crippen LogP contribution in [0.1, 0.15) is 29.2 Å². The summed E-state index contributed by atoms with van der Waals surface area (Å²) in [6, 6.07) is 16.9. The number of pyridine rings is 1. The summed E-state index contributed by atoms with van der Waals surface area (Å²) < 4.78 is 5.33. The predicted molar refractivity (Wildman–Crippen MR) is 134 cm³/mol. The number of benzene rings is 2. The molecule has 4 rings (SSSR count). The van der Waals surface area contributed by atoms with Gasteiger partial charge in [0.25, 0.3) is 11.8 Å². The van der Waals surface area contributed by atoms with Gasteiger partial charge in [-0.15, -0.1) is 0 Å². The summed E-state index contributed by atoms with van der Waals surface area (Å²) in [6.45, 7) is 7.26. The molecule has 2 heterocycles. The minimum absolute atomic E-state index is 0.317. The third-order valence-electron chi connectivity index (χ3n) is 6.28. The van der Waals surface area contributed by atoms with Crippen LogP contribution in [0.3, 0.4) is 0 Å². The van der Waals surface area contributed by atoms with Gasteiger partial charge in [0.15, 0.2) is 0 Å². The Morgan fingerprint density at radius 3 is 2.38 bits per heavy atom. The summed E-state index contributed by atoms with van der Waals surface area (Å²) >= 11 is 0. The zero-order valence-electron chi connectivity index (χ0n) is 20.0. The van der Waals surface area contributed by atoms with E-state index in [1.165, 1.54) is 4.90 Å². The van der Waals surface area contributed by atoms with E-state index in [4.69, 9.17) is 4.74 Å². The number of hydrogen-bond donors (Lipinski definition) is 0. The zero-order valence-corrected chi connectivity index (χ0v) is 20.0. The number of imide groups is 1. The molecule has 1 aliphatic heterocycles. The molecular formula is C28H29N3O3. The topological polar surface area (TPSA) is 62.7 Å². The number of hydrogen-bond acceptors (Lipinski definition) is 5. The van der Waals surface area contributed by atoms with E-state index in [9.17, 15) is 9.59 Å². The number of carbonyl (C=O) groups excluding carboxylic acids is 2. The molecule has 0 bridgehead atoms. The Kier molecular flexibility index (Phi) is 6.77. The van der Waals surface area contributed by atoms with Crippen LogP contribution in [0.2, 0.25) is 0 Å². The summed E-state index contributed by atoms with van der Waals surface area (Å²) in [7, 11) is 1.56. The van der Waals surface area contributed by atoms with Crippen molar-refractivity contribution in [1.29, 1.82) is 0 Å². The molecule has 0 spiro atoms. The number of methoxy groups -OCH3 is 1. The minimum Gasteiger partial charge on any atom is -0.497 e. The summed E-state index contributed by atoms with van der Waals surface area (Å²) in [5.41, 5.74) is 5.46. The van der Waals surface area contributed by atoms with Gasteiger partial charge in [-0.2, -0.15) is 0 Å². The van der Waals surface area contributed by atoms with Gasteiger partial charge in [-0.05, 0) is 73.7 Å². The van der Waals surface area contributed by atoms with Crippen molar-refractivity contribution in [2.45, 2.75) is 27.2 Å². The lowest BCUT2D eigenvalue weighted by Gasteiger charge is -2.25. The second-order valence-corrected chi connectivity index (χ2v) is 8.35. The van der Waals surface area contributed by atoms with Crippen molar-refractivity contribution in [3.63, 3.8) is 0 Å². The fourth-order valence-electron chi connectivity index (χ4n) is 4.19. The average molecular weight is 456 g/mol. The van der Waals surface area contributed by atoms with E-state index in [2.05, 4.69) is 4.98 Å². The molecule has 0 unspecified atom stereocenters. The Hall–Kier alpha value is -3.93. The molecule has 1 aliphatic rings. The Labute approximate surface area is 200 Å². The third-order valence-corrected chi connectivity index (χ3v) is 6.28. The SMILES string of the molecule is CCN(CCc1ccncc1)C1=C(c2ccc(C)c(C)c2)C(=O)N(c2cccc(OC)c2)C1=O. The second kappa shape index (κ2) is 9.91. The molecule has 0 aliphatic carbocycles. The molecule has 1 aromatic heterocycles. The molecule has 6 nitrogen and oxygen atoms in total. The molecule has 0 saturated carbocycles. The van der Waals surface area contributed by atoms with Gasteiger partial charge >= 0.3 is 0 Å². The average Bonchev–Trinajstić information content (AvgIpc) is 3.12. The predicted octanol–water partition coefficient (Wildman–Crippen LogP) is 4.56. The van der Waals surface area contributed by atoms with Gasteiger partial charge in [0.2, 0.25) is 0 Å². The number of anilines is 1. The van der Waals surface area contributed by atoms with E-state index < -0.39 is 0 Å². The molecule has 174 valence electrons. The fraction of sp³-hybridized carbons (Fsp3) is 0.250. The van der Waals surface area contributed by atoms with Crippen molar-refractivity contribution in [3.05, 3.63) is 94.9 Å². The molecule has 0 saturated heterocycles. The number of aryl methyl sites for hydroxylation is 2. The Morgan fingerprint density at radius 2 is 1.71 bits per heavy atom. The molecule has 0 fully saturated rings. The summed E-state index contributed by atoms with van der Waals surface area (Å²) in [5.74, 6) is -0.0498. The highest BCUT2D eigenvalue weighted by Crippen LogP contribution is 2.36. The molecule has 34 heavy (non-hydrogen) atoms. The highest BCUT2D eigenvalue weighted by atomic mass is 16.5. The van der Waals surface area contributed by atoms with E-state index in [1.54, 1.807) is 43.8 Å². The Bertz CT molecular complexity index is 1250. The fourth-order valence-corrected chi connectivity index (χ4v) is 4.19. The Morgan fingerprint density at radius 1 is 0.941 bits per heavy atom. The van der Waals surface area contributed by atoms with Crippen LogP contribution in [0.25, 0.3) is 5.57 Å². The lowest BCUT2D eigenvalue weighted by Crippen LogP contribution is -2.36. The number of likely N-dealkylation sites (N-methyl/N-ethyl adjacent to an activating group) is 1. The summed E-state index contributed by atoms with van der Waals surface area (Å²) in [4.78, 5) is 35.0. The first-order valence-corrected chi connectivity index (χ1v) is 11.4. The number of nitrogens with zero attached hydrogens (tertiary/aromatic N) is 3. The van der Waals surface area contributed by atoms with Gasteiger partial charge in [-0.3, -0.25) is 14.6 Å². The quantitative estimate of drug-likeness (QED) is 0.466. The van der Waals surface area contributed by atoms with Crippen LogP contribution in [0.4, 0.5) is 5.69 Å². The van der Waals surface area contributed by atoms with Gasteiger partial charge in [-0.1, -0.05) is 24.3 Å². The normalized spacial score (nSPS) is 13.6. The standard InChI is InChI=1S/C28H29N3O3/c1-5-30(16-13-21-11-14-29-15-12-21)26-25(22-10-9-19(2)20(3)17-22)27(32)31(28(26)33)23-7-6-8-24(18-23)34-4/h6-12,14-15,17-18H,5,13,16H2,1-4H3. The van der Waals surface area contributed by atoms with Crippen LogP contribution in [0.15, 0.2) is 72.7 Å². The van der Waals surface area contributed by atoms with Crippen molar-refractivity contribution < 1.29 is 14.3 Å². The highest BCUT2D eigenvalue weighted by molar-refractivity contribution is 6.45. The molecular weight excluding hydrogens is 426 g/mol. The van der Waals surface area contributed by atoms with Crippen LogP contribution in [0.5, 0.6) is 5.75 Å². The minimum atomic E-state index is -0.320. The maximum absolute atomic E-state index is 13.8. The van der Waals surface area contributed by atoms with E-state index in [1.807, 2.05) is 56.0 Å². The molecule has 6 heteroatoms. The van der Waals surface area contributed by atoms with Crippen molar-refractivity contribution in [1.82, 2.24) is 9.88 Å². The van der Waals surface area contributed by atoms with Gasteiger partial charge in [0.1, 0.15) is 11.4 Å². The van der Waals surface area contributed by atoms with Crippen molar-refractivity contribution in [2.24, 2.45) is 0 Å². The van der Waals surface area contributed by atoms with Crippen LogP contribution in [0, 0.1) is 13.8 Å². The van der Waals surface area contributed by atoms with Crippen LogP contribution >= 0.6 is 0 Å². The van der Waals surface area contributed by atoms with E-state index in [0.717, 1.165) is 28.7 Å². The van der Waals surface area contributed by atoms with E-state index >= 15 is 0 Å². The van der Waals surface area contributed by atoms with E-state index in [-0.39, 0.29) is 11.8 Å². The van der Waals surface area contributed by atoms with Gasteiger partial charge in [0.05, 0.1) is 18.4 Å². The summed E-state index contributed by atoms with van der Waals surface area (Å²) in [6.07, 6.45) is 4.26. The monoisotopic (exact) mass is 455 g/mol. The second-order valence-electron chi connectivity index (χ2n) is 8.35. The number of rotatable bonds is 8. The maximum atomic E-state index is 13.8. The largest absolute Gasteiger partial charge is 0.497 e. The number of ether oxygens (including phenoxy) is 1. The molecule has 2 aromatic carbocycles. The lowest BCUT2D eigenvalue weighted by molar-refractivity contribution is -0.120. The molecule has 2 amide bonds. The number of amides is 2. The van der Waals surface area contributed by atoms with Gasteiger partial charge in [-0.25, -0.2) is 4.90 Å². The molecule has 3 aromatic rings. The molecule has 0 radical (unpaired) electrons. The zero-order chi connectivity index (χ0) is 24.2. The number of carbonyl (C=O) groups is 2. The number of aromatic nitrogens is 1. The first-order chi connectivity index (χ1) is 16.4. The van der Waals surface area contributed by atoms with Crippen LogP contribution in [-0.2, 0) is 16.0 Å². The first kappa shape index (κ1) is 23.2. The molecule has 0 N–H and O–H groups in total. The smallest absolute Gasteiger partial charge is 0.282 e. The summed E-state index contributed by atoms with van der Waals surface area (Å²) in [5, 5.41) is 0. The van der Waals surface area contributed by atoms with E-state index in [0.29, 0.717) is 35.8 Å². The van der Waals surface area contributed by atoms with Crippen molar-refractivity contribution in [2.75, 3.05) is 25.1 Å². The maximum Gasteiger partial charge on any atom is 0.282 e. The van der Waals surface area contributed by atoms with Crippen LogP contribution in [-0.4, -0.2) is 41.9 Å². The highest BCUT2D eigenvalue weighted by Gasteiger charge is 2.42. The lowest BCUT2D eigenvalue weighted by atomic mass is 9.99. The van der Waals surface area contributed by atoms with Crippen LogP contribution < -0.4 is 9.64 Å².